The molecule has 0 fully saturated rings. The molecule has 0 spiro atoms. The molecule has 0 radical (unpaired) electrons. The number of thiophene rings is 1. The summed E-state index contributed by atoms with van der Waals surface area (Å²) in [5.74, 6) is 0. The van der Waals surface area contributed by atoms with Gasteiger partial charge in [0.15, 0.2) is 0 Å². The normalized spacial score (nSPS) is 12.8. The van der Waals surface area contributed by atoms with E-state index in [1.807, 2.05) is 13.2 Å². The molecule has 2 aromatic rings. The van der Waals surface area contributed by atoms with E-state index in [2.05, 4.69) is 41.3 Å². The van der Waals surface area contributed by atoms with Crippen LogP contribution in [0.2, 0.25) is 0 Å². The maximum Gasteiger partial charge on any atom is 0.0809 e. The third-order valence-electron chi connectivity index (χ3n) is 3.07. The first-order chi connectivity index (χ1) is 8.24. The summed E-state index contributed by atoms with van der Waals surface area (Å²) in [6, 6.07) is 4.61. The lowest BCUT2D eigenvalue weighted by Crippen LogP contribution is -2.17. The van der Waals surface area contributed by atoms with Crippen molar-refractivity contribution in [3.63, 3.8) is 0 Å². The Morgan fingerprint density at radius 1 is 1.59 bits per heavy atom. The number of hydrogen-bond acceptors (Lipinski definition) is 3. The Labute approximate surface area is 106 Å². The maximum absolute atomic E-state index is 4.48. The quantitative estimate of drug-likeness (QED) is 0.809. The smallest absolute Gasteiger partial charge is 0.0809 e. The zero-order valence-corrected chi connectivity index (χ0v) is 11.2. The first-order valence-corrected chi connectivity index (χ1v) is 6.79. The molecular formula is C14H18N2S. The Morgan fingerprint density at radius 2 is 2.41 bits per heavy atom. The fraction of sp³-hybridized carbons (Fsp3) is 0.357. The summed E-state index contributed by atoms with van der Waals surface area (Å²) >= 11 is 1.74. The Kier molecular flexibility index (Phi) is 3.92. The van der Waals surface area contributed by atoms with Gasteiger partial charge < -0.3 is 5.32 Å². The molecule has 90 valence electrons. The predicted octanol–water partition coefficient (Wildman–Crippen LogP) is 3.91. The summed E-state index contributed by atoms with van der Waals surface area (Å²) in [7, 11) is 1.99. The Hall–Kier alpha value is -1.19. The molecule has 17 heavy (non-hydrogen) atoms. The van der Waals surface area contributed by atoms with E-state index >= 15 is 0 Å². The number of pyridine rings is 1. The zero-order valence-electron chi connectivity index (χ0n) is 10.4. The number of fused-ring (bicyclic) bond motifs is 1. The highest BCUT2D eigenvalue weighted by molar-refractivity contribution is 7.17. The van der Waals surface area contributed by atoms with Crippen molar-refractivity contribution in [1.82, 2.24) is 10.3 Å². The van der Waals surface area contributed by atoms with E-state index in [4.69, 9.17) is 0 Å². The molecule has 2 heterocycles. The van der Waals surface area contributed by atoms with E-state index in [0.717, 1.165) is 18.4 Å². The summed E-state index contributed by atoms with van der Waals surface area (Å²) in [6.45, 7) is 6.23. The second-order valence-electron chi connectivity index (χ2n) is 4.22. The van der Waals surface area contributed by atoms with Gasteiger partial charge in [-0.05, 0) is 43.0 Å². The van der Waals surface area contributed by atoms with Crippen molar-refractivity contribution in [2.24, 2.45) is 0 Å². The van der Waals surface area contributed by atoms with E-state index in [-0.39, 0.29) is 0 Å². The number of rotatable bonds is 5. The molecule has 2 aromatic heterocycles. The Balaban J connectivity index is 2.26. The largest absolute Gasteiger partial charge is 0.313 e. The number of nitrogens with zero attached hydrogens (tertiary/aromatic N) is 1. The van der Waals surface area contributed by atoms with Gasteiger partial charge in [0, 0.05) is 12.2 Å². The Morgan fingerprint density at radius 3 is 3.12 bits per heavy atom. The maximum atomic E-state index is 4.48. The van der Waals surface area contributed by atoms with Gasteiger partial charge in [0.2, 0.25) is 0 Å². The number of hydrogen-bond donors (Lipinski definition) is 1. The molecule has 2 nitrogen and oxygen atoms in total. The van der Waals surface area contributed by atoms with Crippen LogP contribution >= 0.6 is 11.3 Å². The van der Waals surface area contributed by atoms with Crippen molar-refractivity contribution in [2.75, 3.05) is 7.05 Å². The van der Waals surface area contributed by atoms with Crippen LogP contribution < -0.4 is 5.32 Å². The average Bonchev–Trinajstić information content (AvgIpc) is 2.82. The van der Waals surface area contributed by atoms with E-state index < -0.39 is 0 Å². The van der Waals surface area contributed by atoms with Crippen molar-refractivity contribution in [3.05, 3.63) is 41.4 Å². The number of aromatic nitrogens is 1. The molecule has 0 amide bonds. The molecule has 0 aromatic carbocycles. The summed E-state index contributed by atoms with van der Waals surface area (Å²) in [5.41, 5.74) is 3.61. The van der Waals surface area contributed by atoms with E-state index in [0.29, 0.717) is 6.04 Å². The third-order valence-corrected chi connectivity index (χ3v) is 3.92. The van der Waals surface area contributed by atoms with Crippen LogP contribution in [-0.2, 0) is 0 Å². The van der Waals surface area contributed by atoms with Crippen LogP contribution in [-0.4, -0.2) is 12.0 Å². The number of nitrogens with one attached hydrogen (secondary N) is 1. The highest BCUT2D eigenvalue weighted by atomic mass is 32.1. The van der Waals surface area contributed by atoms with Gasteiger partial charge in [0.1, 0.15) is 0 Å². The molecule has 0 aliphatic rings. The lowest BCUT2D eigenvalue weighted by atomic mass is 10.00. The van der Waals surface area contributed by atoms with Crippen LogP contribution in [0.15, 0.2) is 35.9 Å². The Bertz CT molecular complexity index is 516. The van der Waals surface area contributed by atoms with Crippen LogP contribution in [0.5, 0.6) is 0 Å². The summed E-state index contributed by atoms with van der Waals surface area (Å²) in [4.78, 5) is 4.48. The molecule has 0 aliphatic heterocycles. The minimum atomic E-state index is 0.321. The molecule has 1 unspecified atom stereocenters. The average molecular weight is 246 g/mol. The molecule has 2 rings (SSSR count). The molecule has 3 heteroatoms. The second-order valence-corrected chi connectivity index (χ2v) is 5.17. The summed E-state index contributed by atoms with van der Waals surface area (Å²) in [6.07, 6.45) is 3.98. The lowest BCUT2D eigenvalue weighted by molar-refractivity contribution is 0.582. The lowest BCUT2D eigenvalue weighted by Gasteiger charge is -2.17. The van der Waals surface area contributed by atoms with Gasteiger partial charge in [-0.25, -0.2) is 0 Å². The van der Waals surface area contributed by atoms with E-state index in [1.165, 1.54) is 15.8 Å². The van der Waals surface area contributed by atoms with Crippen LogP contribution in [0.3, 0.4) is 0 Å². The van der Waals surface area contributed by atoms with Gasteiger partial charge in [0.05, 0.1) is 10.2 Å². The zero-order chi connectivity index (χ0) is 12.3. The van der Waals surface area contributed by atoms with Crippen LogP contribution in [0.25, 0.3) is 10.2 Å². The van der Waals surface area contributed by atoms with Crippen molar-refractivity contribution in [3.8, 4) is 0 Å². The molecule has 0 saturated carbocycles. The monoisotopic (exact) mass is 246 g/mol. The van der Waals surface area contributed by atoms with Gasteiger partial charge in [-0.3, -0.25) is 4.98 Å². The van der Waals surface area contributed by atoms with Crippen molar-refractivity contribution in [1.29, 1.82) is 0 Å². The standard InChI is InChI=1S/C14H18N2S/c1-4-10(2)7-13(15-3)11-8-14-12(16-9-11)5-6-17-14/h5-6,8-9,13,15H,2,4,7H2,1,3H3. The van der Waals surface area contributed by atoms with Crippen LogP contribution in [0, 0.1) is 0 Å². The molecule has 1 N–H and O–H groups in total. The van der Waals surface area contributed by atoms with Crippen LogP contribution in [0.4, 0.5) is 0 Å². The van der Waals surface area contributed by atoms with Gasteiger partial charge >= 0.3 is 0 Å². The van der Waals surface area contributed by atoms with Crippen LogP contribution in [0.1, 0.15) is 31.4 Å². The fourth-order valence-electron chi connectivity index (χ4n) is 1.87. The van der Waals surface area contributed by atoms with Gasteiger partial charge in [-0.1, -0.05) is 19.1 Å². The van der Waals surface area contributed by atoms with Crippen molar-refractivity contribution < 1.29 is 0 Å². The highest BCUT2D eigenvalue weighted by Crippen LogP contribution is 2.26. The molecule has 0 saturated heterocycles. The SMILES string of the molecule is C=C(CC)CC(NC)c1cnc2ccsc2c1. The first kappa shape index (κ1) is 12.3. The predicted molar refractivity (Wildman–Crippen MR) is 75.5 cm³/mol. The van der Waals surface area contributed by atoms with Gasteiger partial charge in [-0.15, -0.1) is 11.3 Å². The van der Waals surface area contributed by atoms with Gasteiger partial charge in [-0.2, -0.15) is 0 Å². The van der Waals surface area contributed by atoms with E-state index in [9.17, 15) is 0 Å². The minimum absolute atomic E-state index is 0.321. The summed E-state index contributed by atoms with van der Waals surface area (Å²) < 4.78 is 1.25. The minimum Gasteiger partial charge on any atom is -0.313 e. The van der Waals surface area contributed by atoms with Crippen molar-refractivity contribution in [2.45, 2.75) is 25.8 Å². The molecule has 1 atom stereocenters. The topological polar surface area (TPSA) is 24.9 Å². The fourth-order valence-corrected chi connectivity index (χ4v) is 2.66. The third kappa shape index (κ3) is 2.73. The van der Waals surface area contributed by atoms with Crippen molar-refractivity contribution >= 4 is 21.6 Å². The first-order valence-electron chi connectivity index (χ1n) is 5.91. The van der Waals surface area contributed by atoms with E-state index in [1.54, 1.807) is 11.3 Å². The van der Waals surface area contributed by atoms with Gasteiger partial charge in [0.25, 0.3) is 0 Å². The molecular weight excluding hydrogens is 228 g/mol. The second kappa shape index (κ2) is 5.43. The molecule has 0 bridgehead atoms. The molecule has 0 aliphatic carbocycles. The summed E-state index contributed by atoms with van der Waals surface area (Å²) in [5, 5.41) is 5.43. The highest BCUT2D eigenvalue weighted by Gasteiger charge is 2.11.